The fourth-order valence-corrected chi connectivity index (χ4v) is 2.92. The van der Waals surface area contributed by atoms with Crippen LogP contribution in [0, 0.1) is 0 Å². The van der Waals surface area contributed by atoms with E-state index < -0.39 is 6.09 Å². The number of hydrogen-bond acceptors (Lipinski definition) is 6. The molecule has 3 N–H and O–H groups in total. The van der Waals surface area contributed by atoms with Crippen molar-refractivity contribution in [3.63, 3.8) is 0 Å². The fraction of sp³-hybridized carbons (Fsp3) is 0.389. The standard InChI is InChI=1S/C18H24N4O3S/c1-4-12(3)21-17-20-11-15(26-17)16(23)19-10-13-7-6-8-14(9-13)22-18(24)25-5-2/h6-9,11-12H,4-5,10H2,1-3H3,(H,19,23)(H,20,21)(H,22,24)/t12-/m1/s1. The van der Waals surface area contributed by atoms with Gasteiger partial charge in [-0.05, 0) is 38.0 Å². The largest absolute Gasteiger partial charge is 0.450 e. The first kappa shape index (κ1) is 19.7. The Bertz CT molecular complexity index is 748. The lowest BCUT2D eigenvalue weighted by Crippen LogP contribution is -2.22. The van der Waals surface area contributed by atoms with Crippen LogP contribution in [0.4, 0.5) is 15.6 Å². The predicted octanol–water partition coefficient (Wildman–Crippen LogP) is 3.85. The zero-order valence-corrected chi connectivity index (χ0v) is 16.0. The van der Waals surface area contributed by atoms with Gasteiger partial charge in [-0.25, -0.2) is 9.78 Å². The number of amides is 2. The van der Waals surface area contributed by atoms with E-state index in [0.717, 1.165) is 17.1 Å². The highest BCUT2D eigenvalue weighted by Gasteiger charge is 2.11. The molecule has 2 rings (SSSR count). The van der Waals surface area contributed by atoms with Crippen LogP contribution in [0.2, 0.25) is 0 Å². The second kappa shape index (κ2) is 9.76. The normalized spacial score (nSPS) is 11.5. The lowest BCUT2D eigenvalue weighted by Gasteiger charge is -2.09. The molecule has 1 aromatic carbocycles. The van der Waals surface area contributed by atoms with E-state index in [9.17, 15) is 9.59 Å². The van der Waals surface area contributed by atoms with E-state index in [4.69, 9.17) is 4.74 Å². The number of ether oxygens (including phenoxy) is 1. The van der Waals surface area contributed by atoms with Gasteiger partial charge >= 0.3 is 6.09 Å². The van der Waals surface area contributed by atoms with Gasteiger partial charge in [0.05, 0.1) is 12.8 Å². The van der Waals surface area contributed by atoms with Crippen LogP contribution in [0.1, 0.15) is 42.4 Å². The summed E-state index contributed by atoms with van der Waals surface area (Å²) < 4.78 is 4.85. The molecule has 0 aliphatic heterocycles. The average molecular weight is 376 g/mol. The van der Waals surface area contributed by atoms with Gasteiger partial charge < -0.3 is 15.4 Å². The summed E-state index contributed by atoms with van der Waals surface area (Å²) >= 11 is 1.33. The summed E-state index contributed by atoms with van der Waals surface area (Å²) in [4.78, 5) is 28.5. The van der Waals surface area contributed by atoms with Gasteiger partial charge in [0.2, 0.25) is 0 Å². The molecule has 0 radical (unpaired) electrons. The molecule has 7 nitrogen and oxygen atoms in total. The Morgan fingerprint density at radius 1 is 1.31 bits per heavy atom. The van der Waals surface area contributed by atoms with Gasteiger partial charge in [0, 0.05) is 18.3 Å². The van der Waals surface area contributed by atoms with Gasteiger partial charge in [-0.1, -0.05) is 30.4 Å². The first-order valence-corrected chi connectivity index (χ1v) is 9.36. The summed E-state index contributed by atoms with van der Waals surface area (Å²) in [6.45, 7) is 6.56. The number of anilines is 2. The second-order valence-corrected chi connectivity index (χ2v) is 6.74. The number of aromatic nitrogens is 1. The van der Waals surface area contributed by atoms with E-state index >= 15 is 0 Å². The molecule has 0 aliphatic carbocycles. The number of hydrogen-bond donors (Lipinski definition) is 3. The highest BCUT2D eigenvalue weighted by molar-refractivity contribution is 7.17. The molecule has 1 atom stereocenters. The van der Waals surface area contributed by atoms with Crippen molar-refractivity contribution in [1.29, 1.82) is 0 Å². The summed E-state index contributed by atoms with van der Waals surface area (Å²) in [6.07, 6.45) is 2.06. The molecule has 1 aromatic heterocycles. The van der Waals surface area contributed by atoms with Crippen molar-refractivity contribution in [2.24, 2.45) is 0 Å². The summed E-state index contributed by atoms with van der Waals surface area (Å²) in [7, 11) is 0. The van der Waals surface area contributed by atoms with Crippen LogP contribution in [0.15, 0.2) is 30.5 Å². The maximum absolute atomic E-state index is 12.3. The molecule has 0 fully saturated rings. The Balaban J connectivity index is 1.90. The Labute approximate surface area is 157 Å². The number of nitrogens with one attached hydrogen (secondary N) is 3. The minimum absolute atomic E-state index is 0.177. The predicted molar refractivity (Wildman–Crippen MR) is 104 cm³/mol. The molecule has 0 saturated carbocycles. The lowest BCUT2D eigenvalue weighted by molar-refractivity contribution is 0.0954. The molecule has 0 bridgehead atoms. The van der Waals surface area contributed by atoms with Crippen LogP contribution in [0.3, 0.4) is 0 Å². The first-order valence-electron chi connectivity index (χ1n) is 8.55. The van der Waals surface area contributed by atoms with Gasteiger partial charge in [-0.15, -0.1) is 0 Å². The number of carbonyl (C=O) groups excluding carboxylic acids is 2. The second-order valence-electron chi connectivity index (χ2n) is 5.71. The maximum Gasteiger partial charge on any atom is 0.411 e. The van der Waals surface area contributed by atoms with Crippen LogP contribution in [-0.2, 0) is 11.3 Å². The van der Waals surface area contributed by atoms with E-state index in [1.54, 1.807) is 25.3 Å². The SMILES string of the molecule is CCOC(=O)Nc1cccc(CNC(=O)c2cnc(N[C@H](C)CC)s2)c1. The minimum Gasteiger partial charge on any atom is -0.450 e. The van der Waals surface area contributed by atoms with Crippen LogP contribution >= 0.6 is 11.3 Å². The van der Waals surface area contributed by atoms with Gasteiger partial charge in [-0.2, -0.15) is 0 Å². The molecule has 0 spiro atoms. The quantitative estimate of drug-likeness (QED) is 0.651. The number of carbonyl (C=O) groups is 2. The highest BCUT2D eigenvalue weighted by atomic mass is 32.1. The van der Waals surface area contributed by atoms with Gasteiger partial charge in [-0.3, -0.25) is 10.1 Å². The van der Waals surface area contributed by atoms with E-state index in [0.29, 0.717) is 29.8 Å². The van der Waals surface area contributed by atoms with Crippen molar-refractivity contribution in [3.8, 4) is 0 Å². The molecule has 0 aliphatic rings. The smallest absolute Gasteiger partial charge is 0.411 e. The van der Waals surface area contributed by atoms with E-state index in [2.05, 4.69) is 34.8 Å². The van der Waals surface area contributed by atoms with Crippen molar-refractivity contribution < 1.29 is 14.3 Å². The fourth-order valence-electron chi connectivity index (χ4n) is 2.07. The number of nitrogens with zero attached hydrogens (tertiary/aromatic N) is 1. The van der Waals surface area contributed by atoms with Gasteiger partial charge in [0.15, 0.2) is 5.13 Å². The van der Waals surface area contributed by atoms with Crippen molar-refractivity contribution in [2.45, 2.75) is 39.8 Å². The third-order valence-corrected chi connectivity index (χ3v) is 4.54. The Hall–Kier alpha value is -2.61. The number of rotatable bonds is 8. The molecule has 0 saturated heterocycles. The zero-order chi connectivity index (χ0) is 18.9. The van der Waals surface area contributed by atoms with Crippen LogP contribution < -0.4 is 16.0 Å². The lowest BCUT2D eigenvalue weighted by atomic mass is 10.2. The monoisotopic (exact) mass is 376 g/mol. The molecular weight excluding hydrogens is 352 g/mol. The third kappa shape index (κ3) is 6.03. The van der Waals surface area contributed by atoms with Crippen molar-refractivity contribution in [1.82, 2.24) is 10.3 Å². The zero-order valence-electron chi connectivity index (χ0n) is 15.2. The summed E-state index contributed by atoms with van der Waals surface area (Å²) in [5.74, 6) is -0.177. The van der Waals surface area contributed by atoms with E-state index in [-0.39, 0.29) is 5.91 Å². The van der Waals surface area contributed by atoms with Gasteiger partial charge in [0.1, 0.15) is 4.88 Å². The third-order valence-electron chi connectivity index (χ3n) is 3.61. The average Bonchev–Trinajstić information content (AvgIpc) is 3.08. The molecule has 8 heteroatoms. The summed E-state index contributed by atoms with van der Waals surface area (Å²) in [5.41, 5.74) is 1.49. The molecule has 0 unspecified atom stereocenters. The van der Waals surface area contributed by atoms with Crippen LogP contribution in [-0.4, -0.2) is 29.6 Å². The number of thiazole rings is 1. The molecule has 2 amide bonds. The van der Waals surface area contributed by atoms with Crippen molar-refractivity contribution in [2.75, 3.05) is 17.2 Å². The number of benzene rings is 1. The molecule has 1 heterocycles. The van der Waals surface area contributed by atoms with E-state index in [1.807, 2.05) is 12.1 Å². The van der Waals surface area contributed by atoms with E-state index in [1.165, 1.54) is 11.3 Å². The highest BCUT2D eigenvalue weighted by Crippen LogP contribution is 2.19. The van der Waals surface area contributed by atoms with Gasteiger partial charge in [0.25, 0.3) is 5.91 Å². The van der Waals surface area contributed by atoms with Crippen molar-refractivity contribution >= 4 is 34.2 Å². The van der Waals surface area contributed by atoms with Crippen molar-refractivity contribution in [3.05, 3.63) is 40.9 Å². The van der Waals surface area contributed by atoms with Crippen LogP contribution in [0.25, 0.3) is 0 Å². The topological polar surface area (TPSA) is 92.4 Å². The molecule has 140 valence electrons. The maximum atomic E-state index is 12.3. The summed E-state index contributed by atoms with van der Waals surface area (Å²) in [6, 6.07) is 7.55. The molecule has 2 aromatic rings. The Morgan fingerprint density at radius 2 is 2.12 bits per heavy atom. The Morgan fingerprint density at radius 3 is 2.85 bits per heavy atom. The molecule has 26 heavy (non-hydrogen) atoms. The first-order chi connectivity index (χ1) is 12.5. The van der Waals surface area contributed by atoms with Crippen LogP contribution in [0.5, 0.6) is 0 Å². The molecular formula is C18H24N4O3S. The summed E-state index contributed by atoms with van der Waals surface area (Å²) in [5, 5.41) is 9.49. The minimum atomic E-state index is -0.500. The Kier molecular flexibility index (Phi) is 7.40.